The molecule has 0 spiro atoms. The van der Waals surface area contributed by atoms with Crippen LogP contribution in [0.25, 0.3) is 5.70 Å². The van der Waals surface area contributed by atoms with E-state index in [2.05, 4.69) is 69.5 Å². The zero-order chi connectivity index (χ0) is 18.5. The topological polar surface area (TPSA) is 37.0 Å². The minimum atomic E-state index is 0.409. The third-order valence-corrected chi connectivity index (χ3v) is 5.48. The Labute approximate surface area is 159 Å². The van der Waals surface area contributed by atoms with E-state index < -0.39 is 0 Å². The van der Waals surface area contributed by atoms with Crippen LogP contribution in [-0.4, -0.2) is 11.5 Å². The van der Waals surface area contributed by atoms with Crippen LogP contribution < -0.4 is 15.9 Å². The van der Waals surface area contributed by atoms with Gasteiger partial charge in [-0.05, 0) is 53.7 Å². The highest BCUT2D eigenvalue weighted by molar-refractivity contribution is 7.27. The molecule has 1 aliphatic carbocycles. The molecule has 0 radical (unpaired) electrons. The molecule has 1 aliphatic rings. The summed E-state index contributed by atoms with van der Waals surface area (Å²) in [5, 5.41) is 8.12. The lowest BCUT2D eigenvalue weighted by Crippen LogP contribution is -2.20. The van der Waals surface area contributed by atoms with E-state index in [4.69, 9.17) is 0 Å². The first-order chi connectivity index (χ1) is 12.5. The van der Waals surface area contributed by atoms with E-state index in [1.807, 2.05) is 12.3 Å². The molecular formula is C22H30N3P. The zero-order valence-electron chi connectivity index (χ0n) is 15.9. The molecule has 0 saturated heterocycles. The fraction of sp³-hybridized carbons (Fsp3) is 0.409. The van der Waals surface area contributed by atoms with Crippen molar-refractivity contribution in [2.75, 3.05) is 11.9 Å². The van der Waals surface area contributed by atoms with E-state index in [0.29, 0.717) is 5.92 Å². The normalized spacial score (nSPS) is 14.6. The van der Waals surface area contributed by atoms with Crippen LogP contribution in [0.2, 0.25) is 0 Å². The molecular weight excluding hydrogens is 337 g/mol. The molecule has 3 nitrogen and oxygen atoms in total. The van der Waals surface area contributed by atoms with Crippen molar-refractivity contribution in [1.29, 1.82) is 0 Å². The molecule has 0 bridgehead atoms. The number of hydrogen-bond donors (Lipinski definition) is 2. The van der Waals surface area contributed by atoms with Crippen molar-refractivity contribution in [1.82, 2.24) is 10.3 Å². The number of pyridine rings is 1. The number of rotatable bonds is 7. The highest BCUT2D eigenvalue weighted by Gasteiger charge is 2.16. The molecule has 1 saturated carbocycles. The van der Waals surface area contributed by atoms with E-state index in [9.17, 15) is 0 Å². The molecule has 2 aromatic rings. The van der Waals surface area contributed by atoms with Crippen molar-refractivity contribution in [2.24, 2.45) is 5.92 Å². The summed E-state index contributed by atoms with van der Waals surface area (Å²) in [6.45, 7) is 9.74. The maximum Gasteiger partial charge on any atom is 0.130 e. The van der Waals surface area contributed by atoms with Crippen molar-refractivity contribution in [3.05, 3.63) is 54.2 Å². The van der Waals surface area contributed by atoms with Crippen molar-refractivity contribution in [3.63, 3.8) is 0 Å². The van der Waals surface area contributed by atoms with Gasteiger partial charge in [-0.1, -0.05) is 45.4 Å². The smallest absolute Gasteiger partial charge is 0.130 e. The Morgan fingerprint density at radius 1 is 1.27 bits per heavy atom. The summed E-state index contributed by atoms with van der Waals surface area (Å²) < 4.78 is 0. The fourth-order valence-electron chi connectivity index (χ4n) is 3.61. The standard InChI is InChI=1S/C22H30N3P/c1-15(2)20-12-22(25-18-9-6-10-19(26)11-18)24-14-21(20)16(3)23-13-17-7-4-5-8-17/h6,9-12,14-15,17,23H,3-5,7-8,13,26H2,1-2H3,(H,24,25). The van der Waals surface area contributed by atoms with Gasteiger partial charge in [-0.2, -0.15) is 0 Å². The molecule has 1 unspecified atom stereocenters. The molecule has 26 heavy (non-hydrogen) atoms. The Morgan fingerprint density at radius 3 is 2.73 bits per heavy atom. The van der Waals surface area contributed by atoms with Gasteiger partial charge in [-0.15, -0.1) is 9.24 Å². The van der Waals surface area contributed by atoms with E-state index in [1.54, 1.807) is 0 Å². The minimum Gasteiger partial charge on any atom is -0.385 e. The Kier molecular flexibility index (Phi) is 6.32. The second-order valence-corrected chi connectivity index (χ2v) is 8.24. The summed E-state index contributed by atoms with van der Waals surface area (Å²) in [7, 11) is 2.73. The first kappa shape index (κ1) is 18.9. The van der Waals surface area contributed by atoms with E-state index in [0.717, 1.165) is 40.5 Å². The molecule has 4 heteroatoms. The molecule has 2 N–H and O–H groups in total. The Morgan fingerprint density at radius 2 is 2.04 bits per heavy atom. The molecule has 1 aromatic heterocycles. The summed E-state index contributed by atoms with van der Waals surface area (Å²) in [6, 6.07) is 10.4. The molecule has 1 heterocycles. The highest BCUT2D eigenvalue weighted by Crippen LogP contribution is 2.28. The van der Waals surface area contributed by atoms with Crippen LogP contribution in [0, 0.1) is 5.92 Å². The van der Waals surface area contributed by atoms with Crippen LogP contribution in [0.15, 0.2) is 43.1 Å². The maximum atomic E-state index is 4.63. The lowest BCUT2D eigenvalue weighted by molar-refractivity contribution is 0.531. The van der Waals surface area contributed by atoms with Gasteiger partial charge in [0.25, 0.3) is 0 Å². The van der Waals surface area contributed by atoms with E-state index >= 15 is 0 Å². The number of nitrogens with one attached hydrogen (secondary N) is 2. The van der Waals surface area contributed by atoms with Gasteiger partial charge in [-0.3, -0.25) is 0 Å². The average Bonchev–Trinajstić information content (AvgIpc) is 3.13. The summed E-state index contributed by atoms with van der Waals surface area (Å²) >= 11 is 0. The van der Waals surface area contributed by atoms with Crippen LogP contribution in [0.5, 0.6) is 0 Å². The third-order valence-electron chi connectivity index (χ3n) is 5.12. The SMILES string of the molecule is C=C(NCC1CCCC1)c1cnc(Nc2cccc(P)c2)cc1C(C)C. The van der Waals surface area contributed by atoms with Crippen molar-refractivity contribution < 1.29 is 0 Å². The number of anilines is 2. The van der Waals surface area contributed by atoms with E-state index in [-0.39, 0.29) is 0 Å². The summed E-state index contributed by atoms with van der Waals surface area (Å²) in [4.78, 5) is 4.63. The van der Waals surface area contributed by atoms with Crippen LogP contribution in [0.3, 0.4) is 0 Å². The first-order valence-electron chi connectivity index (χ1n) is 9.58. The fourth-order valence-corrected chi connectivity index (χ4v) is 3.90. The highest BCUT2D eigenvalue weighted by atomic mass is 31.0. The Hall–Kier alpha value is -1.86. The number of nitrogens with zero attached hydrogens (tertiary/aromatic N) is 1. The van der Waals surface area contributed by atoms with Gasteiger partial charge in [-0.25, -0.2) is 4.98 Å². The monoisotopic (exact) mass is 367 g/mol. The zero-order valence-corrected chi connectivity index (χ0v) is 17.0. The number of benzene rings is 1. The Bertz CT molecular complexity index is 764. The van der Waals surface area contributed by atoms with Crippen LogP contribution >= 0.6 is 9.24 Å². The van der Waals surface area contributed by atoms with Gasteiger partial charge in [0.2, 0.25) is 0 Å². The largest absolute Gasteiger partial charge is 0.385 e. The second-order valence-electron chi connectivity index (χ2n) is 7.57. The van der Waals surface area contributed by atoms with E-state index in [1.165, 1.54) is 31.2 Å². The predicted molar refractivity (Wildman–Crippen MR) is 116 cm³/mol. The van der Waals surface area contributed by atoms with Crippen LogP contribution in [0.4, 0.5) is 11.5 Å². The summed E-state index contributed by atoms with van der Waals surface area (Å²) in [5.74, 6) is 2.07. The van der Waals surface area contributed by atoms with Crippen molar-refractivity contribution in [2.45, 2.75) is 45.4 Å². The van der Waals surface area contributed by atoms with Gasteiger partial charge < -0.3 is 10.6 Å². The molecule has 1 aromatic carbocycles. The van der Waals surface area contributed by atoms with Crippen LogP contribution in [0.1, 0.15) is 56.6 Å². The number of aromatic nitrogens is 1. The molecule has 138 valence electrons. The van der Waals surface area contributed by atoms with Crippen LogP contribution in [-0.2, 0) is 0 Å². The molecule has 1 fully saturated rings. The summed E-state index contributed by atoms with van der Waals surface area (Å²) in [5.41, 5.74) is 4.44. The lowest BCUT2D eigenvalue weighted by Gasteiger charge is -2.19. The molecule has 0 amide bonds. The summed E-state index contributed by atoms with van der Waals surface area (Å²) in [6.07, 6.45) is 7.37. The van der Waals surface area contributed by atoms with Crippen molar-refractivity contribution >= 4 is 31.7 Å². The molecule has 3 rings (SSSR count). The van der Waals surface area contributed by atoms with Gasteiger partial charge >= 0.3 is 0 Å². The lowest BCUT2D eigenvalue weighted by atomic mass is 9.97. The van der Waals surface area contributed by atoms with Gasteiger partial charge in [0, 0.05) is 29.7 Å². The molecule has 1 atom stereocenters. The average molecular weight is 367 g/mol. The van der Waals surface area contributed by atoms with Gasteiger partial charge in [0.1, 0.15) is 5.82 Å². The number of hydrogen-bond acceptors (Lipinski definition) is 3. The maximum absolute atomic E-state index is 4.63. The van der Waals surface area contributed by atoms with Gasteiger partial charge in [0.05, 0.1) is 0 Å². The molecule has 0 aliphatic heterocycles. The second kappa shape index (κ2) is 8.68. The minimum absolute atomic E-state index is 0.409. The van der Waals surface area contributed by atoms with Crippen molar-refractivity contribution in [3.8, 4) is 0 Å². The quantitative estimate of drug-likeness (QED) is 0.661. The Balaban J connectivity index is 1.74. The first-order valence-corrected chi connectivity index (χ1v) is 10.2. The van der Waals surface area contributed by atoms with Gasteiger partial charge in [0.15, 0.2) is 0 Å². The third kappa shape index (κ3) is 4.86. The predicted octanol–water partition coefficient (Wildman–Crippen LogP) is 5.20.